The molecule has 3 amide bonds. The highest BCUT2D eigenvalue weighted by atomic mass is 35.5. The number of halogens is 2. The number of nitrogens with one attached hydrogen (secondary N) is 3. The van der Waals surface area contributed by atoms with Gasteiger partial charge in [0.15, 0.2) is 0 Å². The van der Waals surface area contributed by atoms with E-state index >= 15 is 0 Å². The van der Waals surface area contributed by atoms with Crippen LogP contribution < -0.4 is 16.0 Å². The summed E-state index contributed by atoms with van der Waals surface area (Å²) in [5.41, 5.74) is 2.65. The first-order valence-electron chi connectivity index (χ1n) is 9.29. The zero-order valence-electron chi connectivity index (χ0n) is 16.6. The van der Waals surface area contributed by atoms with Crippen molar-refractivity contribution in [1.29, 1.82) is 0 Å². The van der Waals surface area contributed by atoms with Gasteiger partial charge in [0.25, 0.3) is 5.91 Å². The second-order valence-electron chi connectivity index (χ2n) is 6.75. The lowest BCUT2D eigenvalue weighted by Gasteiger charge is -2.16. The average Bonchev–Trinajstić information content (AvgIpc) is 2.67. The van der Waals surface area contributed by atoms with Crippen LogP contribution in [0.2, 0.25) is 10.0 Å². The molecule has 0 unspecified atom stereocenters. The molecule has 0 aromatic heterocycles. The average molecular weight is 452 g/mol. The number of urea groups is 1. The van der Waals surface area contributed by atoms with Crippen molar-refractivity contribution in [3.05, 3.63) is 63.1 Å². The fourth-order valence-corrected chi connectivity index (χ4v) is 3.45. The maximum Gasteiger partial charge on any atom is 0.326 e. The van der Waals surface area contributed by atoms with E-state index in [1.807, 2.05) is 32.0 Å². The van der Waals surface area contributed by atoms with Crippen molar-refractivity contribution in [2.45, 2.75) is 32.7 Å². The number of hydrogen-bond donors (Lipinski definition) is 4. The number of hydrogen-bond acceptors (Lipinski definition) is 3. The van der Waals surface area contributed by atoms with Crippen molar-refractivity contribution in [2.75, 3.05) is 11.9 Å². The third-order valence-corrected chi connectivity index (χ3v) is 5.10. The number of carbonyl (C=O) groups excluding carboxylic acids is 2. The monoisotopic (exact) mass is 451 g/mol. The van der Waals surface area contributed by atoms with E-state index in [0.29, 0.717) is 6.42 Å². The zero-order valence-corrected chi connectivity index (χ0v) is 18.1. The van der Waals surface area contributed by atoms with Gasteiger partial charge in [0.2, 0.25) is 0 Å². The lowest BCUT2D eigenvalue weighted by atomic mass is 10.1. The molecule has 0 saturated carbocycles. The Balaban J connectivity index is 1.86. The summed E-state index contributed by atoms with van der Waals surface area (Å²) in [5, 5.41) is 17.6. The molecule has 0 heterocycles. The Kier molecular flexibility index (Phi) is 8.50. The molecule has 7 nitrogen and oxygen atoms in total. The first-order valence-corrected chi connectivity index (χ1v) is 10.0. The molecule has 0 aliphatic rings. The maximum absolute atomic E-state index is 12.4. The minimum atomic E-state index is -1.19. The Morgan fingerprint density at radius 2 is 1.57 bits per heavy atom. The van der Waals surface area contributed by atoms with E-state index in [4.69, 9.17) is 23.2 Å². The Labute approximate surface area is 184 Å². The first-order chi connectivity index (χ1) is 14.2. The van der Waals surface area contributed by atoms with Gasteiger partial charge < -0.3 is 21.1 Å². The summed E-state index contributed by atoms with van der Waals surface area (Å²) in [4.78, 5) is 36.0. The van der Waals surface area contributed by atoms with Crippen molar-refractivity contribution < 1.29 is 19.5 Å². The van der Waals surface area contributed by atoms with E-state index in [1.54, 1.807) is 6.07 Å². The number of carboxylic acids is 1. The van der Waals surface area contributed by atoms with Crippen molar-refractivity contribution in [3.63, 3.8) is 0 Å². The van der Waals surface area contributed by atoms with E-state index in [0.717, 1.165) is 16.8 Å². The summed E-state index contributed by atoms with van der Waals surface area (Å²) >= 11 is 12.0. The van der Waals surface area contributed by atoms with Crippen LogP contribution in [-0.2, 0) is 4.79 Å². The van der Waals surface area contributed by atoms with Gasteiger partial charge in [0.1, 0.15) is 6.04 Å². The van der Waals surface area contributed by atoms with Crippen molar-refractivity contribution in [3.8, 4) is 0 Å². The molecule has 4 N–H and O–H groups in total. The van der Waals surface area contributed by atoms with Gasteiger partial charge in [-0.05, 0) is 49.9 Å². The molecule has 0 aliphatic carbocycles. The van der Waals surface area contributed by atoms with Gasteiger partial charge in [-0.1, -0.05) is 47.5 Å². The quantitative estimate of drug-likeness (QED) is 0.446. The van der Waals surface area contributed by atoms with Crippen molar-refractivity contribution in [2.24, 2.45) is 0 Å². The smallest absolute Gasteiger partial charge is 0.326 e. The molecular weight excluding hydrogens is 429 g/mol. The van der Waals surface area contributed by atoms with Crippen LogP contribution in [0.15, 0.2) is 36.4 Å². The van der Waals surface area contributed by atoms with Crippen LogP contribution in [0.3, 0.4) is 0 Å². The van der Waals surface area contributed by atoms with E-state index in [1.165, 1.54) is 12.1 Å². The lowest BCUT2D eigenvalue weighted by molar-refractivity contribution is -0.139. The molecule has 2 rings (SSSR count). The maximum atomic E-state index is 12.4. The predicted molar refractivity (Wildman–Crippen MR) is 118 cm³/mol. The van der Waals surface area contributed by atoms with Crippen LogP contribution in [0.4, 0.5) is 10.5 Å². The summed E-state index contributed by atoms with van der Waals surface area (Å²) < 4.78 is 0. The third-order valence-electron chi connectivity index (χ3n) is 4.47. The minimum absolute atomic E-state index is 0.0261. The molecular formula is C21H23Cl2N3O4. The van der Waals surface area contributed by atoms with Crippen molar-refractivity contribution in [1.82, 2.24) is 10.6 Å². The van der Waals surface area contributed by atoms with E-state index < -0.39 is 17.9 Å². The number of carbonyl (C=O) groups is 3. The molecule has 0 bridgehead atoms. The SMILES string of the molecule is Cc1cccc(C)c1NC(=O)NCCC[C@H](NC(=O)c1c(Cl)cccc1Cl)C(=O)O. The lowest BCUT2D eigenvalue weighted by Crippen LogP contribution is -2.41. The standard InChI is InChI=1S/C21H23Cl2N3O4/c1-12-6-3-7-13(2)18(12)26-21(30)24-11-5-10-16(20(28)29)25-19(27)17-14(22)8-4-9-15(17)23/h3-4,6-9,16H,5,10-11H2,1-2H3,(H,25,27)(H,28,29)(H2,24,26,30)/t16-/m0/s1. The third kappa shape index (κ3) is 6.37. The van der Waals surface area contributed by atoms with Crippen LogP contribution in [0.1, 0.15) is 34.3 Å². The van der Waals surface area contributed by atoms with Gasteiger partial charge in [-0.25, -0.2) is 9.59 Å². The highest BCUT2D eigenvalue weighted by molar-refractivity contribution is 6.39. The van der Waals surface area contributed by atoms with Gasteiger partial charge in [-0.15, -0.1) is 0 Å². The topological polar surface area (TPSA) is 108 Å². The summed E-state index contributed by atoms with van der Waals surface area (Å²) in [5.74, 6) is -1.86. The van der Waals surface area contributed by atoms with Gasteiger partial charge in [-0.2, -0.15) is 0 Å². The van der Waals surface area contributed by atoms with Crippen LogP contribution in [0.5, 0.6) is 0 Å². The summed E-state index contributed by atoms with van der Waals surface area (Å²) in [6, 6.07) is 8.75. The van der Waals surface area contributed by atoms with Gasteiger partial charge >= 0.3 is 12.0 Å². The Bertz CT molecular complexity index is 909. The Morgan fingerprint density at radius 3 is 2.13 bits per heavy atom. The van der Waals surface area contributed by atoms with E-state index in [-0.39, 0.29) is 34.6 Å². The molecule has 0 radical (unpaired) electrons. The molecule has 30 heavy (non-hydrogen) atoms. The molecule has 1 atom stereocenters. The van der Waals surface area contributed by atoms with Gasteiger partial charge in [-0.3, -0.25) is 4.79 Å². The molecule has 2 aromatic carbocycles. The number of aryl methyl sites for hydroxylation is 2. The van der Waals surface area contributed by atoms with Crippen LogP contribution in [0.25, 0.3) is 0 Å². The summed E-state index contributed by atoms with van der Waals surface area (Å²) in [6.45, 7) is 4.03. The minimum Gasteiger partial charge on any atom is -0.480 e. The fraction of sp³-hybridized carbons (Fsp3) is 0.286. The van der Waals surface area contributed by atoms with Crippen LogP contribution in [0, 0.1) is 13.8 Å². The number of rotatable bonds is 8. The molecule has 0 fully saturated rings. The van der Waals surface area contributed by atoms with Crippen molar-refractivity contribution >= 4 is 46.8 Å². The molecule has 9 heteroatoms. The molecule has 2 aromatic rings. The normalized spacial score (nSPS) is 11.5. The first kappa shape index (κ1) is 23.5. The predicted octanol–water partition coefficient (Wildman–Crippen LogP) is 4.40. The van der Waals surface area contributed by atoms with Crippen LogP contribution in [-0.4, -0.2) is 35.6 Å². The number of para-hydroxylation sites is 1. The van der Waals surface area contributed by atoms with Gasteiger partial charge in [0, 0.05) is 12.2 Å². The van der Waals surface area contributed by atoms with Crippen LogP contribution >= 0.6 is 23.2 Å². The Morgan fingerprint density at radius 1 is 1.00 bits per heavy atom. The van der Waals surface area contributed by atoms with Gasteiger partial charge in [0.05, 0.1) is 15.6 Å². The number of anilines is 1. The zero-order chi connectivity index (χ0) is 22.3. The highest BCUT2D eigenvalue weighted by Gasteiger charge is 2.23. The number of benzene rings is 2. The number of carboxylic acid groups (broad SMARTS) is 1. The summed E-state index contributed by atoms with van der Waals surface area (Å²) in [6.07, 6.45) is 0.459. The largest absolute Gasteiger partial charge is 0.480 e. The second-order valence-corrected chi connectivity index (χ2v) is 7.57. The fourth-order valence-electron chi connectivity index (χ4n) is 2.88. The number of aliphatic carboxylic acids is 1. The molecule has 0 aliphatic heterocycles. The van der Waals surface area contributed by atoms with E-state index in [9.17, 15) is 19.5 Å². The Hall–Kier alpha value is -2.77. The number of amides is 3. The molecule has 0 spiro atoms. The second kappa shape index (κ2) is 10.8. The molecule has 160 valence electrons. The summed E-state index contributed by atoms with van der Waals surface area (Å²) in [7, 11) is 0. The molecule has 0 saturated heterocycles. The highest BCUT2D eigenvalue weighted by Crippen LogP contribution is 2.24. The van der Waals surface area contributed by atoms with E-state index in [2.05, 4.69) is 16.0 Å².